The Labute approximate surface area is 145 Å². The molecule has 1 aliphatic heterocycles. The summed E-state index contributed by atoms with van der Waals surface area (Å²) in [6.45, 7) is 11.1. The normalized spacial score (nSPS) is 40.3. The summed E-state index contributed by atoms with van der Waals surface area (Å²) in [6.07, 6.45) is 0. The van der Waals surface area contributed by atoms with E-state index in [0.717, 1.165) is 0 Å². The molecule has 1 fully saturated rings. The van der Waals surface area contributed by atoms with Crippen molar-refractivity contribution in [2.24, 2.45) is 0 Å². The third kappa shape index (κ3) is 3.96. The molecule has 0 bridgehead atoms. The molecular weight excluding hydrogens is 384 g/mol. The molecule has 8 nitrogen and oxygen atoms in total. The molecule has 24 heavy (non-hydrogen) atoms. The van der Waals surface area contributed by atoms with Gasteiger partial charge in [0, 0.05) is 0 Å². The zero-order valence-corrected chi connectivity index (χ0v) is 19.3. The summed E-state index contributed by atoms with van der Waals surface area (Å²) in [5.41, 5.74) is 0. The van der Waals surface area contributed by atoms with E-state index in [0.29, 0.717) is 0 Å². The fourth-order valence-corrected chi connectivity index (χ4v) is 20.8. The molecule has 0 aliphatic carbocycles. The van der Waals surface area contributed by atoms with Gasteiger partial charge in [-0.05, 0) is 53.9 Å². The van der Waals surface area contributed by atoms with Gasteiger partial charge in [-0.2, -0.15) is 0 Å². The number of rotatable bonds is 4. The van der Waals surface area contributed by atoms with Crippen LogP contribution in [0.2, 0.25) is 26.2 Å². The van der Waals surface area contributed by atoms with Crippen molar-refractivity contribution in [3.8, 4) is 0 Å². The van der Waals surface area contributed by atoms with Crippen LogP contribution in [-0.4, -0.2) is 55.9 Å². The average molecular weight is 409 g/mol. The minimum atomic E-state index is -3.59. The maximum Gasteiger partial charge on any atom is 0.389 e. The first-order valence-corrected chi connectivity index (χ1v) is 16.7. The molecule has 1 rings (SSSR count). The molecule has 0 aromatic rings. The van der Waals surface area contributed by atoms with Crippen LogP contribution >= 0.6 is 0 Å². The van der Waals surface area contributed by atoms with E-state index in [4.69, 9.17) is 16.5 Å². The molecular formula is C12H24O8Si4. The quantitative estimate of drug-likeness (QED) is 0.631. The minimum absolute atomic E-state index is 0.386. The highest BCUT2D eigenvalue weighted by molar-refractivity contribution is 7.18. The average Bonchev–Trinajstić information content (AvgIpc) is 2.35. The molecule has 0 amide bonds. The van der Waals surface area contributed by atoms with Crippen molar-refractivity contribution in [1.82, 2.24) is 0 Å². The summed E-state index contributed by atoms with van der Waals surface area (Å²) in [5, 5.41) is -1.55. The number of hydrogen-bond donors (Lipinski definition) is 0. The third-order valence-electron chi connectivity index (χ3n) is 4.12. The molecule has 0 N–H and O–H groups in total. The van der Waals surface area contributed by atoms with Crippen LogP contribution in [0.5, 0.6) is 0 Å². The van der Waals surface area contributed by atoms with Crippen molar-refractivity contribution >= 4 is 55.9 Å². The Balaban J connectivity index is 3.58. The van der Waals surface area contributed by atoms with Crippen LogP contribution in [0.1, 0.15) is 27.7 Å². The van der Waals surface area contributed by atoms with E-state index in [-0.39, 0.29) is 21.6 Å². The Bertz CT molecular complexity index is 492. The molecule has 0 atom stereocenters. The second-order valence-corrected chi connectivity index (χ2v) is 20.1. The van der Waals surface area contributed by atoms with Crippen LogP contribution in [0.4, 0.5) is 0 Å². The molecule has 0 spiro atoms. The van der Waals surface area contributed by atoms with Crippen molar-refractivity contribution in [3.05, 3.63) is 0 Å². The van der Waals surface area contributed by atoms with E-state index in [1.807, 2.05) is 0 Å². The summed E-state index contributed by atoms with van der Waals surface area (Å²) < 4.78 is 23.6. The maximum absolute atomic E-state index is 12.2. The molecule has 12 heteroatoms. The van der Waals surface area contributed by atoms with Crippen LogP contribution in [-0.2, 0) is 35.6 Å². The standard InChI is InChI=1S/C12H24O8Si4/c1-9(13)21(5)17-22(6,10(2)14)19-24(8,12(4)16)20-23(7,18-21)11(3)15/h1-8H3. The minimum Gasteiger partial charge on any atom is -0.406 e. The van der Waals surface area contributed by atoms with Crippen molar-refractivity contribution in [3.63, 3.8) is 0 Å². The predicted molar refractivity (Wildman–Crippen MR) is 93.5 cm³/mol. The molecule has 0 aromatic carbocycles. The van der Waals surface area contributed by atoms with Crippen molar-refractivity contribution in [2.75, 3.05) is 0 Å². The lowest BCUT2D eigenvalue weighted by atomic mass is 10.9. The first-order valence-electron chi connectivity index (χ1n) is 7.45. The second-order valence-electron chi connectivity index (χ2n) is 6.42. The summed E-state index contributed by atoms with van der Waals surface area (Å²) in [7, 11) is -14.3. The Morgan fingerprint density at radius 1 is 0.458 bits per heavy atom. The highest BCUT2D eigenvalue weighted by Crippen LogP contribution is 2.32. The van der Waals surface area contributed by atoms with Gasteiger partial charge in [0.15, 0.2) is 21.6 Å². The lowest BCUT2D eigenvalue weighted by molar-refractivity contribution is -0.115. The second kappa shape index (κ2) is 6.60. The fourth-order valence-electron chi connectivity index (χ4n) is 2.14. The van der Waals surface area contributed by atoms with Gasteiger partial charge in [-0.25, -0.2) is 0 Å². The van der Waals surface area contributed by atoms with Gasteiger partial charge >= 0.3 is 34.2 Å². The molecule has 0 saturated carbocycles. The number of carbonyl (C=O) groups excluding carboxylic acids is 4. The van der Waals surface area contributed by atoms with E-state index in [1.54, 1.807) is 0 Å². The molecule has 0 unspecified atom stereocenters. The van der Waals surface area contributed by atoms with Crippen LogP contribution in [0.25, 0.3) is 0 Å². The van der Waals surface area contributed by atoms with Gasteiger partial charge in [0.25, 0.3) is 0 Å². The highest BCUT2D eigenvalue weighted by Gasteiger charge is 2.63. The lowest BCUT2D eigenvalue weighted by Gasteiger charge is -2.46. The maximum atomic E-state index is 12.2. The van der Waals surface area contributed by atoms with Crippen molar-refractivity contribution in [1.29, 1.82) is 0 Å². The number of carbonyl (C=O) groups is 4. The molecule has 0 aromatic heterocycles. The van der Waals surface area contributed by atoms with Gasteiger partial charge in [-0.1, -0.05) is 0 Å². The summed E-state index contributed by atoms with van der Waals surface area (Å²) in [6, 6.07) is 0. The summed E-state index contributed by atoms with van der Waals surface area (Å²) >= 11 is 0. The van der Waals surface area contributed by atoms with Crippen LogP contribution in [0, 0.1) is 0 Å². The SMILES string of the molecule is CC(=O)[Si]1(C)O[Si](C)(C(C)=O)O[Si](C)(C(C)=O)O[Si](C)(C(C)=O)O1. The van der Waals surface area contributed by atoms with Crippen molar-refractivity contribution in [2.45, 2.75) is 53.9 Å². The largest absolute Gasteiger partial charge is 0.406 e. The number of hydrogen-bond acceptors (Lipinski definition) is 8. The van der Waals surface area contributed by atoms with Crippen LogP contribution < -0.4 is 0 Å². The van der Waals surface area contributed by atoms with Gasteiger partial charge in [0.2, 0.25) is 0 Å². The Morgan fingerprint density at radius 3 is 0.667 bits per heavy atom. The first-order chi connectivity index (χ1) is 10.6. The molecule has 1 heterocycles. The summed E-state index contributed by atoms with van der Waals surface area (Å²) in [5.74, 6) is 0. The van der Waals surface area contributed by atoms with E-state index in [9.17, 15) is 19.2 Å². The van der Waals surface area contributed by atoms with E-state index < -0.39 is 34.2 Å². The smallest absolute Gasteiger partial charge is 0.389 e. The van der Waals surface area contributed by atoms with Crippen molar-refractivity contribution < 1.29 is 35.6 Å². The van der Waals surface area contributed by atoms with Gasteiger partial charge in [-0.15, -0.1) is 0 Å². The highest BCUT2D eigenvalue weighted by atomic mass is 28.5. The molecule has 1 saturated heterocycles. The Hall–Kier alpha value is -0.612. The van der Waals surface area contributed by atoms with E-state index in [2.05, 4.69) is 0 Å². The van der Waals surface area contributed by atoms with Gasteiger partial charge in [-0.3, -0.25) is 19.2 Å². The zero-order chi connectivity index (χ0) is 19.1. The van der Waals surface area contributed by atoms with Crippen LogP contribution in [0.15, 0.2) is 0 Å². The third-order valence-corrected chi connectivity index (χ3v) is 21.7. The molecule has 136 valence electrons. The monoisotopic (exact) mass is 408 g/mol. The zero-order valence-electron chi connectivity index (χ0n) is 15.3. The predicted octanol–water partition coefficient (Wildman–Crippen LogP) is 0.867. The molecule has 0 radical (unpaired) electrons. The van der Waals surface area contributed by atoms with Crippen LogP contribution in [0.3, 0.4) is 0 Å². The van der Waals surface area contributed by atoms with Gasteiger partial charge < -0.3 is 16.5 Å². The van der Waals surface area contributed by atoms with E-state index in [1.165, 1.54) is 53.9 Å². The fraction of sp³-hybridized carbons (Fsp3) is 0.667. The molecule has 1 aliphatic rings. The van der Waals surface area contributed by atoms with E-state index >= 15 is 0 Å². The lowest BCUT2D eigenvalue weighted by Crippen LogP contribution is -2.74. The first kappa shape index (κ1) is 21.4. The van der Waals surface area contributed by atoms with Gasteiger partial charge in [0.1, 0.15) is 0 Å². The Kier molecular flexibility index (Phi) is 5.89. The van der Waals surface area contributed by atoms with Gasteiger partial charge in [0.05, 0.1) is 0 Å². The summed E-state index contributed by atoms with van der Waals surface area (Å²) in [4.78, 5) is 48.7. The Morgan fingerprint density at radius 2 is 0.583 bits per heavy atom. The topological polar surface area (TPSA) is 105 Å².